The molecule has 0 spiro atoms. The molecule has 0 heterocycles. The number of ether oxygens (including phenoxy) is 2. The van der Waals surface area contributed by atoms with Gasteiger partial charge in [0, 0.05) is 18.2 Å². The Morgan fingerprint density at radius 3 is 2.72 bits per heavy atom. The van der Waals surface area contributed by atoms with E-state index in [4.69, 9.17) is 9.47 Å². The third-order valence-electron chi connectivity index (χ3n) is 2.10. The Balaban J connectivity index is 2.54. The van der Waals surface area contributed by atoms with Gasteiger partial charge in [-0.3, -0.25) is 4.79 Å². The van der Waals surface area contributed by atoms with Crippen LogP contribution in [0.4, 0.5) is 5.69 Å². The number of hydrogen-bond acceptors (Lipinski definition) is 4. The monoisotopic (exact) mass is 251 g/mol. The first-order chi connectivity index (χ1) is 8.65. The average molecular weight is 251 g/mol. The third kappa shape index (κ3) is 4.86. The van der Waals surface area contributed by atoms with Gasteiger partial charge < -0.3 is 14.8 Å². The molecule has 0 aliphatic rings. The molecule has 0 saturated heterocycles. The van der Waals surface area contributed by atoms with Gasteiger partial charge in [0.1, 0.15) is 5.75 Å². The highest BCUT2D eigenvalue weighted by molar-refractivity contribution is 5.90. The quantitative estimate of drug-likeness (QED) is 0.785. The van der Waals surface area contributed by atoms with Gasteiger partial charge in [-0.15, -0.1) is 0 Å². The number of hydrogen-bond donors (Lipinski definition) is 1. The van der Waals surface area contributed by atoms with Crippen molar-refractivity contribution in [2.75, 3.05) is 18.5 Å². The van der Waals surface area contributed by atoms with E-state index in [1.807, 2.05) is 0 Å². The van der Waals surface area contributed by atoms with Gasteiger partial charge in [-0.05, 0) is 19.1 Å². The molecule has 98 valence electrons. The Labute approximate surface area is 106 Å². The molecule has 0 atom stereocenters. The number of rotatable bonds is 6. The number of carbonyl (C=O) groups is 2. The molecule has 0 fully saturated rings. The minimum absolute atomic E-state index is 0.0717. The molecule has 1 amide bonds. The molecule has 0 bridgehead atoms. The van der Waals surface area contributed by atoms with E-state index in [9.17, 15) is 9.59 Å². The van der Waals surface area contributed by atoms with Crippen molar-refractivity contribution in [2.24, 2.45) is 0 Å². The molecular weight excluding hydrogens is 234 g/mol. The van der Waals surface area contributed by atoms with Crippen LogP contribution in [0.5, 0.6) is 5.75 Å². The summed E-state index contributed by atoms with van der Waals surface area (Å²) in [6, 6.07) is 6.87. The molecule has 0 saturated carbocycles. The SMILES string of the molecule is CCOC(=O)COc1cccc(NC(=O)CC)c1. The number of esters is 1. The summed E-state index contributed by atoms with van der Waals surface area (Å²) in [6.45, 7) is 3.70. The number of anilines is 1. The zero-order valence-corrected chi connectivity index (χ0v) is 10.6. The van der Waals surface area contributed by atoms with Gasteiger partial charge in [-0.2, -0.15) is 0 Å². The number of nitrogens with one attached hydrogen (secondary N) is 1. The van der Waals surface area contributed by atoms with E-state index in [0.717, 1.165) is 0 Å². The highest BCUT2D eigenvalue weighted by atomic mass is 16.6. The van der Waals surface area contributed by atoms with Gasteiger partial charge in [0.25, 0.3) is 0 Å². The molecule has 5 heteroatoms. The second-order valence-corrected chi connectivity index (χ2v) is 3.52. The summed E-state index contributed by atoms with van der Waals surface area (Å²) in [6.07, 6.45) is 0.411. The number of carbonyl (C=O) groups excluding carboxylic acids is 2. The van der Waals surface area contributed by atoms with Crippen molar-refractivity contribution in [1.82, 2.24) is 0 Å². The van der Waals surface area contributed by atoms with Crippen molar-refractivity contribution in [3.63, 3.8) is 0 Å². The maximum absolute atomic E-state index is 11.2. The molecule has 1 rings (SSSR count). The first kappa shape index (κ1) is 14.0. The predicted molar refractivity (Wildman–Crippen MR) is 67.5 cm³/mol. The Morgan fingerprint density at radius 2 is 2.06 bits per heavy atom. The Bertz CT molecular complexity index is 417. The standard InChI is InChI=1S/C13H17NO4/c1-3-12(15)14-10-6-5-7-11(8-10)18-9-13(16)17-4-2/h5-8H,3-4,9H2,1-2H3,(H,14,15). The topological polar surface area (TPSA) is 64.6 Å². The van der Waals surface area contributed by atoms with Gasteiger partial charge in [-0.25, -0.2) is 4.79 Å². The molecule has 1 aromatic carbocycles. The lowest BCUT2D eigenvalue weighted by molar-refractivity contribution is -0.145. The maximum Gasteiger partial charge on any atom is 0.344 e. The predicted octanol–water partition coefficient (Wildman–Crippen LogP) is 1.98. The van der Waals surface area contributed by atoms with Crippen LogP contribution >= 0.6 is 0 Å². The molecule has 0 aromatic heterocycles. The fourth-order valence-corrected chi connectivity index (χ4v) is 1.26. The van der Waals surface area contributed by atoms with Crippen molar-refractivity contribution >= 4 is 17.6 Å². The van der Waals surface area contributed by atoms with Crippen LogP contribution < -0.4 is 10.1 Å². The van der Waals surface area contributed by atoms with Crippen LogP contribution in [0.1, 0.15) is 20.3 Å². The molecule has 5 nitrogen and oxygen atoms in total. The van der Waals surface area contributed by atoms with E-state index >= 15 is 0 Å². The molecule has 1 aromatic rings. The summed E-state index contributed by atoms with van der Waals surface area (Å²) in [5.74, 6) is 0.0231. The van der Waals surface area contributed by atoms with Gasteiger partial charge >= 0.3 is 5.97 Å². The molecule has 0 unspecified atom stereocenters. The normalized spacial score (nSPS) is 9.67. The summed E-state index contributed by atoms with van der Waals surface area (Å²) in [5, 5.41) is 2.71. The number of amides is 1. The van der Waals surface area contributed by atoms with Crippen molar-refractivity contribution in [3.8, 4) is 5.75 Å². The Morgan fingerprint density at radius 1 is 1.28 bits per heavy atom. The van der Waals surface area contributed by atoms with Crippen molar-refractivity contribution < 1.29 is 19.1 Å². The molecular formula is C13H17NO4. The van der Waals surface area contributed by atoms with Gasteiger partial charge in [-0.1, -0.05) is 13.0 Å². The van der Waals surface area contributed by atoms with Crippen LogP contribution in [0.3, 0.4) is 0 Å². The molecule has 0 aliphatic heterocycles. The first-order valence-corrected chi connectivity index (χ1v) is 5.84. The molecule has 1 N–H and O–H groups in total. The summed E-state index contributed by atoms with van der Waals surface area (Å²) in [5.41, 5.74) is 0.642. The van der Waals surface area contributed by atoms with E-state index < -0.39 is 5.97 Å². The smallest absolute Gasteiger partial charge is 0.344 e. The highest BCUT2D eigenvalue weighted by Crippen LogP contribution is 2.17. The van der Waals surface area contributed by atoms with Crippen molar-refractivity contribution in [2.45, 2.75) is 20.3 Å². The summed E-state index contributed by atoms with van der Waals surface area (Å²) >= 11 is 0. The third-order valence-corrected chi connectivity index (χ3v) is 2.10. The summed E-state index contributed by atoms with van der Waals surface area (Å²) in [4.78, 5) is 22.3. The van der Waals surface area contributed by atoms with Gasteiger partial charge in [0.05, 0.1) is 6.61 Å². The lowest BCUT2D eigenvalue weighted by Gasteiger charge is -2.08. The molecule has 0 radical (unpaired) electrons. The van der Waals surface area contributed by atoms with Crippen molar-refractivity contribution in [3.05, 3.63) is 24.3 Å². The highest BCUT2D eigenvalue weighted by Gasteiger charge is 2.04. The average Bonchev–Trinajstić information content (AvgIpc) is 2.37. The van der Waals surface area contributed by atoms with Crippen LogP contribution in [-0.4, -0.2) is 25.1 Å². The zero-order chi connectivity index (χ0) is 13.4. The lowest BCUT2D eigenvalue weighted by Crippen LogP contribution is -2.14. The van der Waals surface area contributed by atoms with E-state index in [1.165, 1.54) is 0 Å². The van der Waals surface area contributed by atoms with Crippen LogP contribution in [0.25, 0.3) is 0 Å². The van der Waals surface area contributed by atoms with Gasteiger partial charge in [0.2, 0.25) is 5.91 Å². The van der Waals surface area contributed by atoms with Crippen LogP contribution in [0.15, 0.2) is 24.3 Å². The Kier molecular flexibility index (Phi) is 5.70. The first-order valence-electron chi connectivity index (χ1n) is 5.84. The van der Waals surface area contributed by atoms with Gasteiger partial charge in [0.15, 0.2) is 6.61 Å². The summed E-state index contributed by atoms with van der Waals surface area (Å²) < 4.78 is 9.99. The van der Waals surface area contributed by atoms with Crippen molar-refractivity contribution in [1.29, 1.82) is 0 Å². The second kappa shape index (κ2) is 7.32. The zero-order valence-electron chi connectivity index (χ0n) is 10.6. The van der Waals surface area contributed by atoms with E-state index in [1.54, 1.807) is 38.1 Å². The van der Waals surface area contributed by atoms with Crippen LogP contribution in [0, 0.1) is 0 Å². The van der Waals surface area contributed by atoms with E-state index in [-0.39, 0.29) is 12.5 Å². The minimum atomic E-state index is -0.416. The fraction of sp³-hybridized carbons (Fsp3) is 0.385. The van der Waals surface area contributed by atoms with E-state index in [0.29, 0.717) is 24.5 Å². The largest absolute Gasteiger partial charge is 0.482 e. The maximum atomic E-state index is 11.2. The lowest BCUT2D eigenvalue weighted by atomic mass is 10.3. The fourth-order valence-electron chi connectivity index (χ4n) is 1.26. The Hall–Kier alpha value is -2.04. The minimum Gasteiger partial charge on any atom is -0.482 e. The van der Waals surface area contributed by atoms with Crippen LogP contribution in [0.2, 0.25) is 0 Å². The van der Waals surface area contributed by atoms with Crippen LogP contribution in [-0.2, 0) is 14.3 Å². The second-order valence-electron chi connectivity index (χ2n) is 3.52. The molecule has 18 heavy (non-hydrogen) atoms. The molecule has 0 aliphatic carbocycles. The van der Waals surface area contributed by atoms with E-state index in [2.05, 4.69) is 5.32 Å². The summed E-state index contributed by atoms with van der Waals surface area (Å²) in [7, 11) is 0. The number of benzene rings is 1.